The zero-order valence-corrected chi connectivity index (χ0v) is 18.2. The fraction of sp³-hybridized carbons (Fsp3) is 0.381. The Labute approximate surface area is 180 Å². The van der Waals surface area contributed by atoms with Crippen LogP contribution in [0, 0.1) is 11.6 Å². The molecule has 0 bridgehead atoms. The lowest BCUT2D eigenvalue weighted by atomic mass is 10.1. The number of sulfonamides is 1. The maximum atomic E-state index is 14.1. The Balaban J connectivity index is 2.04. The molecule has 0 unspecified atom stereocenters. The van der Waals surface area contributed by atoms with Gasteiger partial charge in [-0.15, -0.1) is 0 Å². The highest BCUT2D eigenvalue weighted by Crippen LogP contribution is 2.28. The summed E-state index contributed by atoms with van der Waals surface area (Å²) in [4.78, 5) is 14.9. The number of hydrogen-bond donors (Lipinski definition) is 1. The molecule has 0 radical (unpaired) electrons. The first-order valence-corrected chi connectivity index (χ1v) is 11.4. The van der Waals surface area contributed by atoms with Gasteiger partial charge in [0.05, 0.1) is 29.4 Å². The summed E-state index contributed by atoms with van der Waals surface area (Å²) in [6.07, 6.45) is 0. The molecule has 10 heteroatoms. The van der Waals surface area contributed by atoms with E-state index in [1.165, 1.54) is 16.4 Å². The summed E-state index contributed by atoms with van der Waals surface area (Å²) in [5.74, 6) is -2.38. The molecule has 0 aromatic heterocycles. The Bertz CT molecular complexity index is 1050. The SMILES string of the molecule is CCN(CC)S(=O)(=O)c1ccc(N2CCOCC2)c(C(=O)Nc2ccc(F)cc2F)c1. The second-order valence-corrected chi connectivity index (χ2v) is 8.88. The summed E-state index contributed by atoms with van der Waals surface area (Å²) in [5.41, 5.74) is 0.400. The molecule has 7 nitrogen and oxygen atoms in total. The summed E-state index contributed by atoms with van der Waals surface area (Å²) in [6, 6.07) is 7.16. The minimum absolute atomic E-state index is 0.0297. The maximum Gasteiger partial charge on any atom is 0.257 e. The van der Waals surface area contributed by atoms with Crippen LogP contribution in [0.1, 0.15) is 24.2 Å². The molecule has 1 heterocycles. The molecular formula is C21H25F2N3O4S. The second-order valence-electron chi connectivity index (χ2n) is 6.95. The Morgan fingerprint density at radius 3 is 2.39 bits per heavy atom. The first-order valence-electron chi connectivity index (χ1n) is 10.0. The Kier molecular flexibility index (Phi) is 7.24. The van der Waals surface area contributed by atoms with E-state index in [0.717, 1.165) is 12.1 Å². The third-order valence-electron chi connectivity index (χ3n) is 5.09. The lowest BCUT2D eigenvalue weighted by molar-refractivity contribution is 0.102. The normalized spacial score (nSPS) is 14.7. The molecular weight excluding hydrogens is 428 g/mol. The summed E-state index contributed by atoms with van der Waals surface area (Å²) >= 11 is 0. The highest BCUT2D eigenvalue weighted by Gasteiger charge is 2.26. The number of carbonyl (C=O) groups excluding carboxylic acids is 1. The van der Waals surface area contributed by atoms with Crippen LogP contribution in [-0.4, -0.2) is 58.0 Å². The van der Waals surface area contributed by atoms with Crippen molar-refractivity contribution in [1.29, 1.82) is 0 Å². The van der Waals surface area contributed by atoms with Gasteiger partial charge in [-0.25, -0.2) is 17.2 Å². The number of nitrogens with zero attached hydrogens (tertiary/aromatic N) is 2. The van der Waals surface area contributed by atoms with Gasteiger partial charge < -0.3 is 15.0 Å². The van der Waals surface area contributed by atoms with Crippen molar-refractivity contribution in [3.05, 3.63) is 53.6 Å². The first-order chi connectivity index (χ1) is 14.8. The van der Waals surface area contributed by atoms with Crippen molar-refractivity contribution in [2.45, 2.75) is 18.7 Å². The third kappa shape index (κ3) is 5.03. The topological polar surface area (TPSA) is 79.0 Å². The molecule has 0 atom stereocenters. The lowest BCUT2D eigenvalue weighted by Crippen LogP contribution is -2.37. The van der Waals surface area contributed by atoms with Crippen molar-refractivity contribution in [3.8, 4) is 0 Å². The molecule has 3 rings (SSSR count). The highest BCUT2D eigenvalue weighted by atomic mass is 32.2. The van der Waals surface area contributed by atoms with Crippen LogP contribution in [0.4, 0.5) is 20.2 Å². The van der Waals surface area contributed by atoms with Crippen molar-refractivity contribution >= 4 is 27.3 Å². The van der Waals surface area contributed by atoms with Crippen molar-refractivity contribution in [2.24, 2.45) is 0 Å². The average Bonchev–Trinajstić information content (AvgIpc) is 2.76. The fourth-order valence-electron chi connectivity index (χ4n) is 3.43. The van der Waals surface area contributed by atoms with Crippen LogP contribution in [0.5, 0.6) is 0 Å². The molecule has 1 aliphatic heterocycles. The number of morpholine rings is 1. The molecule has 0 spiro atoms. The van der Waals surface area contributed by atoms with E-state index in [9.17, 15) is 22.0 Å². The zero-order valence-electron chi connectivity index (χ0n) is 17.4. The van der Waals surface area contributed by atoms with Crippen molar-refractivity contribution < 1.29 is 26.7 Å². The fourth-order valence-corrected chi connectivity index (χ4v) is 4.92. The standard InChI is InChI=1S/C21H25F2N3O4S/c1-3-26(4-2)31(28,29)16-6-8-20(25-9-11-30-12-10-25)17(14-16)21(27)24-19-7-5-15(22)13-18(19)23/h5-8,13-14H,3-4,9-12H2,1-2H3,(H,24,27). The lowest BCUT2D eigenvalue weighted by Gasteiger charge is -2.30. The van der Waals surface area contributed by atoms with E-state index in [2.05, 4.69) is 5.32 Å². The average molecular weight is 454 g/mol. The summed E-state index contributed by atoms with van der Waals surface area (Å²) in [7, 11) is -3.80. The third-order valence-corrected chi connectivity index (χ3v) is 7.13. The minimum Gasteiger partial charge on any atom is -0.378 e. The zero-order chi connectivity index (χ0) is 22.6. The van der Waals surface area contributed by atoms with Crippen molar-refractivity contribution in [1.82, 2.24) is 4.31 Å². The van der Waals surface area contributed by atoms with E-state index in [-0.39, 0.29) is 29.2 Å². The number of carbonyl (C=O) groups is 1. The maximum absolute atomic E-state index is 14.1. The van der Waals surface area contributed by atoms with Crippen molar-refractivity contribution in [2.75, 3.05) is 49.6 Å². The van der Waals surface area contributed by atoms with E-state index in [0.29, 0.717) is 38.1 Å². The number of nitrogens with one attached hydrogen (secondary N) is 1. The molecule has 0 saturated carbocycles. The largest absolute Gasteiger partial charge is 0.378 e. The second kappa shape index (κ2) is 9.71. The van der Waals surface area contributed by atoms with E-state index in [4.69, 9.17) is 4.74 Å². The number of amides is 1. The molecule has 1 aliphatic rings. The molecule has 1 N–H and O–H groups in total. The minimum atomic E-state index is -3.80. The van der Waals surface area contributed by atoms with Gasteiger partial charge in [0.25, 0.3) is 5.91 Å². The number of halogens is 2. The molecule has 168 valence electrons. The Morgan fingerprint density at radius 2 is 1.77 bits per heavy atom. The van der Waals surface area contributed by atoms with Crippen molar-refractivity contribution in [3.63, 3.8) is 0 Å². The summed E-state index contributed by atoms with van der Waals surface area (Å²) in [6.45, 7) is 6.00. The summed E-state index contributed by atoms with van der Waals surface area (Å²) in [5, 5.41) is 2.42. The van der Waals surface area contributed by atoms with Gasteiger partial charge in [-0.3, -0.25) is 4.79 Å². The van der Waals surface area contributed by atoms with Gasteiger partial charge in [-0.05, 0) is 30.3 Å². The van der Waals surface area contributed by atoms with Crippen LogP contribution in [0.3, 0.4) is 0 Å². The van der Waals surface area contributed by atoms with Crippen LogP contribution in [0.2, 0.25) is 0 Å². The predicted molar refractivity (Wildman–Crippen MR) is 114 cm³/mol. The number of rotatable bonds is 7. The van der Waals surface area contributed by atoms with E-state index in [1.807, 2.05) is 4.90 Å². The van der Waals surface area contributed by atoms with E-state index >= 15 is 0 Å². The Hall–Kier alpha value is -2.56. The Morgan fingerprint density at radius 1 is 1.10 bits per heavy atom. The van der Waals surface area contributed by atoms with Crippen LogP contribution >= 0.6 is 0 Å². The highest BCUT2D eigenvalue weighted by molar-refractivity contribution is 7.89. The smallest absolute Gasteiger partial charge is 0.257 e. The van der Waals surface area contributed by atoms with Gasteiger partial charge in [0.2, 0.25) is 10.0 Å². The molecule has 2 aromatic carbocycles. The van der Waals surface area contributed by atoms with Gasteiger partial charge in [-0.1, -0.05) is 13.8 Å². The van der Waals surface area contributed by atoms with Gasteiger partial charge in [-0.2, -0.15) is 4.31 Å². The number of ether oxygens (including phenoxy) is 1. The number of benzene rings is 2. The number of anilines is 2. The predicted octanol–water partition coefficient (Wildman–Crippen LogP) is 3.08. The number of hydrogen-bond acceptors (Lipinski definition) is 5. The van der Waals surface area contributed by atoms with E-state index in [1.54, 1.807) is 19.9 Å². The quantitative estimate of drug-likeness (QED) is 0.697. The molecule has 1 amide bonds. The van der Waals surface area contributed by atoms with Crippen LogP contribution in [-0.2, 0) is 14.8 Å². The first kappa shape index (κ1) is 23.1. The van der Waals surface area contributed by atoms with Gasteiger partial charge in [0.1, 0.15) is 11.6 Å². The molecule has 1 fully saturated rings. The van der Waals surface area contributed by atoms with Crippen LogP contribution < -0.4 is 10.2 Å². The van der Waals surface area contributed by atoms with Crippen LogP contribution in [0.25, 0.3) is 0 Å². The molecule has 0 aliphatic carbocycles. The van der Waals surface area contributed by atoms with E-state index < -0.39 is 27.6 Å². The monoisotopic (exact) mass is 453 g/mol. The summed E-state index contributed by atoms with van der Waals surface area (Å²) < 4.78 is 59.8. The van der Waals surface area contributed by atoms with Gasteiger partial charge >= 0.3 is 0 Å². The molecule has 2 aromatic rings. The molecule has 1 saturated heterocycles. The van der Waals surface area contributed by atoms with Gasteiger partial charge in [0.15, 0.2) is 0 Å². The van der Waals surface area contributed by atoms with Crippen LogP contribution in [0.15, 0.2) is 41.3 Å². The van der Waals surface area contributed by atoms with Gasteiger partial charge in [0, 0.05) is 37.9 Å². The molecule has 31 heavy (non-hydrogen) atoms.